The van der Waals surface area contributed by atoms with Crippen LogP contribution in [-0.2, 0) is 0 Å². The third-order valence-electron chi connectivity index (χ3n) is 3.31. The van der Waals surface area contributed by atoms with Gasteiger partial charge in [0.15, 0.2) is 0 Å². The van der Waals surface area contributed by atoms with Gasteiger partial charge in [-0.25, -0.2) is 13.6 Å². The predicted molar refractivity (Wildman–Crippen MR) is 78.1 cm³/mol. The topological polar surface area (TPSA) is 87.5 Å². The van der Waals surface area contributed by atoms with Crippen LogP contribution in [0.5, 0.6) is 0 Å². The number of hydrogen-bond donors (Lipinski definition) is 3. The monoisotopic (exact) mass is 312 g/mol. The average molecular weight is 312 g/mol. The van der Waals surface area contributed by atoms with E-state index in [2.05, 4.69) is 10.6 Å². The quantitative estimate of drug-likeness (QED) is 0.756. The Labute approximate surface area is 126 Å². The fraction of sp³-hybridized carbons (Fsp3) is 0.429. The summed E-state index contributed by atoms with van der Waals surface area (Å²) in [5.41, 5.74) is 5.68. The summed E-state index contributed by atoms with van der Waals surface area (Å²) in [4.78, 5) is 25.2. The molecule has 0 aliphatic carbocycles. The van der Waals surface area contributed by atoms with E-state index in [4.69, 9.17) is 5.73 Å². The summed E-state index contributed by atoms with van der Waals surface area (Å²) in [6, 6.07) is 6.06. The van der Waals surface area contributed by atoms with Gasteiger partial charge in [-0.15, -0.1) is 0 Å². The fourth-order valence-corrected chi connectivity index (χ4v) is 2.07. The molecule has 1 saturated heterocycles. The molecule has 6 nitrogen and oxygen atoms in total. The van der Waals surface area contributed by atoms with E-state index in [0.717, 1.165) is 6.42 Å². The van der Waals surface area contributed by atoms with Crippen LogP contribution in [0.3, 0.4) is 0 Å². The molecule has 1 heterocycles. The smallest absolute Gasteiger partial charge is 0.321 e. The largest absolute Gasteiger partial charge is 0.346 e. The summed E-state index contributed by atoms with van der Waals surface area (Å²) in [6.45, 7) is -0.496. The Morgan fingerprint density at radius 2 is 2.23 bits per heavy atom. The normalized spacial score (nSPS) is 15.4. The van der Waals surface area contributed by atoms with Crippen molar-refractivity contribution in [2.45, 2.75) is 12.3 Å². The van der Waals surface area contributed by atoms with Crippen molar-refractivity contribution in [2.75, 3.05) is 31.1 Å². The number of anilines is 1. The van der Waals surface area contributed by atoms with Crippen LogP contribution in [0.15, 0.2) is 24.3 Å². The summed E-state index contributed by atoms with van der Waals surface area (Å²) in [6.07, 6.45) is 0.797. The van der Waals surface area contributed by atoms with Gasteiger partial charge in [-0.3, -0.25) is 9.69 Å². The summed E-state index contributed by atoms with van der Waals surface area (Å²) >= 11 is 0. The first-order valence-electron chi connectivity index (χ1n) is 6.94. The number of nitrogens with two attached hydrogens (primary N) is 1. The number of amides is 3. The van der Waals surface area contributed by atoms with Crippen molar-refractivity contribution in [3.05, 3.63) is 29.8 Å². The third kappa shape index (κ3) is 3.91. The fourth-order valence-electron chi connectivity index (χ4n) is 2.07. The maximum Gasteiger partial charge on any atom is 0.321 e. The number of benzene rings is 1. The van der Waals surface area contributed by atoms with Gasteiger partial charge in [-0.2, -0.15) is 0 Å². The van der Waals surface area contributed by atoms with Crippen LogP contribution in [-0.4, -0.2) is 44.0 Å². The van der Waals surface area contributed by atoms with E-state index in [1.165, 1.54) is 17.0 Å². The van der Waals surface area contributed by atoms with E-state index < -0.39 is 24.9 Å². The summed E-state index contributed by atoms with van der Waals surface area (Å²) in [5.74, 6) is -3.77. The summed E-state index contributed by atoms with van der Waals surface area (Å²) < 4.78 is 26.1. The van der Waals surface area contributed by atoms with Crippen molar-refractivity contribution in [1.82, 2.24) is 10.6 Å². The molecule has 4 N–H and O–H groups in total. The Morgan fingerprint density at radius 3 is 2.91 bits per heavy atom. The standard InChI is InChI=1S/C14H18F2N4O2/c15-14(16,8-17)9-19-12(21)10-3-1-4-11(7-10)20-6-2-5-18-13(20)22/h1,3-4,7H,2,5-6,8-9,17H2,(H,18,22)(H,19,21). The van der Waals surface area contributed by atoms with Crippen LogP contribution in [0.1, 0.15) is 16.8 Å². The highest BCUT2D eigenvalue weighted by molar-refractivity contribution is 5.97. The molecule has 2 rings (SSSR count). The zero-order valence-corrected chi connectivity index (χ0v) is 11.9. The molecular weight excluding hydrogens is 294 g/mol. The first-order chi connectivity index (χ1) is 10.4. The first-order valence-corrected chi connectivity index (χ1v) is 6.94. The van der Waals surface area contributed by atoms with Crippen LogP contribution in [0.4, 0.5) is 19.3 Å². The molecule has 1 aliphatic rings. The van der Waals surface area contributed by atoms with Crippen molar-refractivity contribution in [3.8, 4) is 0 Å². The number of halogens is 2. The predicted octanol–water partition coefficient (Wildman–Crippen LogP) is 0.930. The maximum atomic E-state index is 13.0. The zero-order chi connectivity index (χ0) is 16.2. The summed E-state index contributed by atoms with van der Waals surface area (Å²) in [7, 11) is 0. The Hall–Kier alpha value is -2.22. The van der Waals surface area contributed by atoms with E-state index in [1.807, 2.05) is 0 Å². The van der Waals surface area contributed by atoms with Crippen LogP contribution in [0.25, 0.3) is 0 Å². The molecule has 0 aromatic heterocycles. The molecule has 1 aromatic carbocycles. The number of carbonyl (C=O) groups is 2. The third-order valence-corrected chi connectivity index (χ3v) is 3.31. The molecular formula is C14H18F2N4O2. The second-order valence-corrected chi connectivity index (χ2v) is 5.03. The number of nitrogens with zero attached hydrogens (tertiary/aromatic N) is 1. The van der Waals surface area contributed by atoms with Crippen LogP contribution in [0.2, 0.25) is 0 Å². The maximum absolute atomic E-state index is 13.0. The average Bonchev–Trinajstić information content (AvgIpc) is 2.53. The molecule has 8 heteroatoms. The second kappa shape index (κ2) is 6.69. The molecule has 3 amide bonds. The molecule has 120 valence electrons. The molecule has 0 radical (unpaired) electrons. The lowest BCUT2D eigenvalue weighted by Gasteiger charge is -2.27. The van der Waals surface area contributed by atoms with Crippen molar-refractivity contribution >= 4 is 17.6 Å². The number of urea groups is 1. The summed E-state index contributed by atoms with van der Waals surface area (Å²) in [5, 5.41) is 4.85. The van der Waals surface area contributed by atoms with Crippen LogP contribution in [0, 0.1) is 0 Å². The van der Waals surface area contributed by atoms with Crippen LogP contribution >= 0.6 is 0 Å². The Morgan fingerprint density at radius 1 is 1.45 bits per heavy atom. The Bertz CT molecular complexity index is 566. The number of nitrogens with one attached hydrogen (secondary N) is 2. The van der Waals surface area contributed by atoms with Gasteiger partial charge in [0.2, 0.25) is 0 Å². The minimum absolute atomic E-state index is 0.212. The van der Waals surface area contributed by atoms with Gasteiger partial charge in [0.25, 0.3) is 11.8 Å². The molecule has 1 aromatic rings. The molecule has 22 heavy (non-hydrogen) atoms. The van der Waals surface area contributed by atoms with E-state index in [-0.39, 0.29) is 11.6 Å². The molecule has 0 atom stereocenters. The Balaban J connectivity index is 2.07. The highest BCUT2D eigenvalue weighted by atomic mass is 19.3. The van der Waals surface area contributed by atoms with Gasteiger partial charge in [-0.1, -0.05) is 6.07 Å². The van der Waals surface area contributed by atoms with Crippen molar-refractivity contribution in [1.29, 1.82) is 0 Å². The lowest BCUT2D eigenvalue weighted by atomic mass is 10.1. The number of carbonyl (C=O) groups excluding carboxylic acids is 2. The first kappa shape index (κ1) is 16.2. The van der Waals surface area contributed by atoms with Crippen LogP contribution < -0.4 is 21.3 Å². The van der Waals surface area contributed by atoms with Gasteiger partial charge in [0.05, 0.1) is 13.1 Å². The molecule has 0 unspecified atom stereocenters. The van der Waals surface area contributed by atoms with E-state index in [1.54, 1.807) is 12.1 Å². The number of hydrogen-bond acceptors (Lipinski definition) is 3. The highest BCUT2D eigenvalue weighted by Gasteiger charge is 2.27. The van der Waals surface area contributed by atoms with Crippen molar-refractivity contribution < 1.29 is 18.4 Å². The van der Waals surface area contributed by atoms with Gasteiger partial charge < -0.3 is 16.4 Å². The van der Waals surface area contributed by atoms with Gasteiger partial charge in [0.1, 0.15) is 0 Å². The van der Waals surface area contributed by atoms with Gasteiger partial charge in [-0.05, 0) is 24.6 Å². The lowest BCUT2D eigenvalue weighted by molar-refractivity contribution is 0.0118. The molecule has 0 saturated carbocycles. The Kier molecular flexibility index (Phi) is 4.92. The van der Waals surface area contributed by atoms with Crippen molar-refractivity contribution in [3.63, 3.8) is 0 Å². The number of alkyl halides is 2. The molecule has 1 aliphatic heterocycles. The second-order valence-electron chi connectivity index (χ2n) is 5.03. The van der Waals surface area contributed by atoms with E-state index in [0.29, 0.717) is 18.8 Å². The number of rotatable bonds is 5. The van der Waals surface area contributed by atoms with Gasteiger partial charge >= 0.3 is 6.03 Å². The highest BCUT2D eigenvalue weighted by Crippen LogP contribution is 2.18. The van der Waals surface area contributed by atoms with E-state index in [9.17, 15) is 18.4 Å². The molecule has 1 fully saturated rings. The van der Waals surface area contributed by atoms with Crippen molar-refractivity contribution in [2.24, 2.45) is 5.73 Å². The van der Waals surface area contributed by atoms with Gasteiger partial charge in [0, 0.05) is 24.3 Å². The zero-order valence-electron chi connectivity index (χ0n) is 11.9. The minimum Gasteiger partial charge on any atom is -0.346 e. The molecule has 0 bridgehead atoms. The lowest BCUT2D eigenvalue weighted by Crippen LogP contribution is -2.46. The molecule has 0 spiro atoms. The minimum atomic E-state index is -3.14. The van der Waals surface area contributed by atoms with E-state index >= 15 is 0 Å². The SMILES string of the molecule is NCC(F)(F)CNC(=O)c1cccc(N2CCCNC2=O)c1.